The first-order valence-electron chi connectivity index (χ1n) is 8.40. The molecule has 8 heteroatoms. The molecule has 1 N–H and O–H groups in total. The van der Waals surface area contributed by atoms with Crippen LogP contribution in [0, 0.1) is 6.92 Å². The lowest BCUT2D eigenvalue weighted by Crippen LogP contribution is -2.28. The zero-order chi connectivity index (χ0) is 17.2. The molecule has 0 saturated heterocycles. The molecule has 1 amide bonds. The van der Waals surface area contributed by atoms with Gasteiger partial charge in [-0.2, -0.15) is 5.10 Å². The number of para-hydroxylation sites is 1. The molecular weight excluding hydrogens is 318 g/mol. The highest BCUT2D eigenvalue weighted by molar-refractivity contribution is 5.94. The van der Waals surface area contributed by atoms with E-state index in [1.807, 2.05) is 22.9 Å². The molecule has 2 aromatic heterocycles. The van der Waals surface area contributed by atoms with Crippen LogP contribution >= 0.6 is 0 Å². The minimum atomic E-state index is -0.140. The number of carbonyl (C=O) groups is 1. The molecule has 25 heavy (non-hydrogen) atoms. The lowest BCUT2D eigenvalue weighted by molar-refractivity contribution is 0.0945. The normalized spacial score (nSPS) is 13.0. The number of hydrogen-bond donors (Lipinski definition) is 1. The van der Waals surface area contributed by atoms with Crippen molar-refractivity contribution in [3.63, 3.8) is 0 Å². The number of nitrogens with one attached hydrogen (secondary N) is 1. The topological polar surface area (TPSA) is 90.5 Å². The minimum absolute atomic E-state index is 0.140. The Bertz CT molecular complexity index is 898. The standard InChI is InChI=1S/C17H19N7O/c1-12-5-2-3-7-14(12)24-15-8-4-6-13(15)16(20-24)17(25)18-9-10-23-11-19-21-22-23/h2-3,5,7,11H,4,6,8-10H2,1H3,(H,18,25). The Hall–Kier alpha value is -3.03. The van der Waals surface area contributed by atoms with Gasteiger partial charge in [0, 0.05) is 17.8 Å². The van der Waals surface area contributed by atoms with Crippen LogP contribution in [0.1, 0.15) is 33.7 Å². The summed E-state index contributed by atoms with van der Waals surface area (Å²) in [5.41, 5.74) is 4.94. The second-order valence-corrected chi connectivity index (χ2v) is 6.15. The average molecular weight is 337 g/mol. The van der Waals surface area contributed by atoms with E-state index in [2.05, 4.69) is 38.9 Å². The molecule has 4 rings (SSSR count). The molecule has 128 valence electrons. The highest BCUT2D eigenvalue weighted by atomic mass is 16.2. The van der Waals surface area contributed by atoms with E-state index in [4.69, 9.17) is 0 Å². The molecule has 1 aliphatic carbocycles. The number of nitrogens with zero attached hydrogens (tertiary/aromatic N) is 6. The molecule has 1 aromatic carbocycles. The van der Waals surface area contributed by atoms with Crippen LogP contribution in [0.15, 0.2) is 30.6 Å². The van der Waals surface area contributed by atoms with Crippen molar-refractivity contribution in [3.8, 4) is 5.69 Å². The number of benzene rings is 1. The minimum Gasteiger partial charge on any atom is -0.349 e. The molecule has 0 aliphatic heterocycles. The van der Waals surface area contributed by atoms with Gasteiger partial charge < -0.3 is 5.32 Å². The molecule has 3 aromatic rings. The third-order valence-electron chi connectivity index (χ3n) is 4.51. The Morgan fingerprint density at radius 1 is 1.28 bits per heavy atom. The second-order valence-electron chi connectivity index (χ2n) is 6.15. The van der Waals surface area contributed by atoms with E-state index in [1.165, 1.54) is 6.33 Å². The van der Waals surface area contributed by atoms with Crippen LogP contribution in [0.2, 0.25) is 0 Å². The Morgan fingerprint density at radius 2 is 2.16 bits per heavy atom. The van der Waals surface area contributed by atoms with E-state index in [0.29, 0.717) is 18.8 Å². The summed E-state index contributed by atoms with van der Waals surface area (Å²) < 4.78 is 3.52. The van der Waals surface area contributed by atoms with Gasteiger partial charge in [-0.25, -0.2) is 9.36 Å². The predicted molar refractivity (Wildman–Crippen MR) is 90.5 cm³/mol. The Morgan fingerprint density at radius 3 is 2.96 bits per heavy atom. The fraction of sp³-hybridized carbons (Fsp3) is 0.353. The zero-order valence-corrected chi connectivity index (χ0v) is 14.0. The van der Waals surface area contributed by atoms with Crippen LogP contribution < -0.4 is 5.32 Å². The van der Waals surface area contributed by atoms with E-state index >= 15 is 0 Å². The van der Waals surface area contributed by atoms with Gasteiger partial charge in [0.2, 0.25) is 0 Å². The fourth-order valence-corrected chi connectivity index (χ4v) is 3.27. The fourth-order valence-electron chi connectivity index (χ4n) is 3.27. The molecule has 0 radical (unpaired) electrons. The van der Waals surface area contributed by atoms with Gasteiger partial charge in [-0.05, 0) is 48.2 Å². The third kappa shape index (κ3) is 2.90. The van der Waals surface area contributed by atoms with Gasteiger partial charge in [0.25, 0.3) is 5.91 Å². The monoisotopic (exact) mass is 337 g/mol. The molecule has 2 heterocycles. The van der Waals surface area contributed by atoms with Crippen molar-refractivity contribution in [2.24, 2.45) is 0 Å². The van der Waals surface area contributed by atoms with Gasteiger partial charge in [0.05, 0.1) is 12.2 Å². The van der Waals surface area contributed by atoms with E-state index in [1.54, 1.807) is 4.68 Å². The molecule has 0 unspecified atom stereocenters. The molecule has 1 aliphatic rings. The summed E-state index contributed by atoms with van der Waals surface area (Å²) in [6.07, 6.45) is 4.44. The summed E-state index contributed by atoms with van der Waals surface area (Å²) >= 11 is 0. The SMILES string of the molecule is Cc1ccccc1-n1nc(C(=O)NCCn2cnnn2)c2c1CCC2. The molecule has 8 nitrogen and oxygen atoms in total. The van der Waals surface area contributed by atoms with Crippen LogP contribution in [0.3, 0.4) is 0 Å². The highest BCUT2D eigenvalue weighted by Gasteiger charge is 2.27. The summed E-state index contributed by atoms with van der Waals surface area (Å²) in [4.78, 5) is 12.6. The molecule has 0 bridgehead atoms. The summed E-state index contributed by atoms with van der Waals surface area (Å²) in [5.74, 6) is -0.140. The van der Waals surface area contributed by atoms with Gasteiger partial charge in [-0.15, -0.1) is 5.10 Å². The van der Waals surface area contributed by atoms with Gasteiger partial charge in [0.1, 0.15) is 6.33 Å². The lowest BCUT2D eigenvalue weighted by Gasteiger charge is -2.08. The van der Waals surface area contributed by atoms with E-state index in [9.17, 15) is 4.79 Å². The van der Waals surface area contributed by atoms with Gasteiger partial charge >= 0.3 is 0 Å². The van der Waals surface area contributed by atoms with Crippen molar-refractivity contribution >= 4 is 5.91 Å². The van der Waals surface area contributed by atoms with Crippen LogP contribution in [0.5, 0.6) is 0 Å². The van der Waals surface area contributed by atoms with Gasteiger partial charge in [-0.1, -0.05) is 18.2 Å². The average Bonchev–Trinajstić information content (AvgIpc) is 3.33. The molecule has 0 atom stereocenters. The molecule has 0 saturated carbocycles. The van der Waals surface area contributed by atoms with E-state index in [-0.39, 0.29) is 5.91 Å². The lowest BCUT2D eigenvalue weighted by atomic mass is 10.2. The highest BCUT2D eigenvalue weighted by Crippen LogP contribution is 2.28. The molecular formula is C17H19N7O. The Kier molecular flexibility index (Phi) is 4.01. The number of aryl methyl sites for hydroxylation is 1. The van der Waals surface area contributed by atoms with Gasteiger partial charge in [0.15, 0.2) is 5.69 Å². The summed E-state index contributed by atoms with van der Waals surface area (Å²) in [6.45, 7) is 3.04. The number of aromatic nitrogens is 6. The second kappa shape index (κ2) is 6.46. The molecule has 0 fully saturated rings. The largest absolute Gasteiger partial charge is 0.349 e. The zero-order valence-electron chi connectivity index (χ0n) is 14.0. The van der Waals surface area contributed by atoms with Crippen molar-refractivity contribution in [1.29, 1.82) is 0 Å². The van der Waals surface area contributed by atoms with Crippen molar-refractivity contribution in [3.05, 3.63) is 53.1 Å². The summed E-state index contributed by atoms with van der Waals surface area (Å²) in [7, 11) is 0. The Labute approximate surface area is 144 Å². The number of carbonyl (C=O) groups excluding carboxylic acids is 1. The maximum atomic E-state index is 12.6. The van der Waals surface area contributed by atoms with Crippen LogP contribution in [0.25, 0.3) is 5.69 Å². The van der Waals surface area contributed by atoms with Crippen molar-refractivity contribution in [2.75, 3.05) is 6.54 Å². The number of tetrazole rings is 1. The smallest absolute Gasteiger partial charge is 0.272 e. The quantitative estimate of drug-likeness (QED) is 0.752. The number of amides is 1. The number of fused-ring (bicyclic) bond motifs is 1. The van der Waals surface area contributed by atoms with Crippen molar-refractivity contribution < 1.29 is 4.79 Å². The van der Waals surface area contributed by atoms with Gasteiger partial charge in [-0.3, -0.25) is 4.79 Å². The number of hydrogen-bond acceptors (Lipinski definition) is 5. The number of rotatable bonds is 5. The van der Waals surface area contributed by atoms with E-state index in [0.717, 1.165) is 41.8 Å². The Balaban J connectivity index is 1.57. The first-order valence-corrected chi connectivity index (χ1v) is 8.40. The first-order chi connectivity index (χ1) is 12.2. The molecule has 0 spiro atoms. The van der Waals surface area contributed by atoms with Crippen LogP contribution in [0.4, 0.5) is 0 Å². The van der Waals surface area contributed by atoms with E-state index < -0.39 is 0 Å². The summed E-state index contributed by atoms with van der Waals surface area (Å²) in [6, 6.07) is 8.11. The van der Waals surface area contributed by atoms with Crippen molar-refractivity contribution in [1.82, 2.24) is 35.3 Å². The predicted octanol–water partition coefficient (Wildman–Crippen LogP) is 1.09. The van der Waals surface area contributed by atoms with Crippen LogP contribution in [-0.4, -0.2) is 42.4 Å². The first kappa shape index (κ1) is 15.5. The van der Waals surface area contributed by atoms with Crippen molar-refractivity contribution in [2.45, 2.75) is 32.7 Å². The van der Waals surface area contributed by atoms with Crippen LogP contribution in [-0.2, 0) is 19.4 Å². The summed E-state index contributed by atoms with van der Waals surface area (Å²) in [5, 5.41) is 18.5. The maximum Gasteiger partial charge on any atom is 0.272 e. The maximum absolute atomic E-state index is 12.6. The third-order valence-corrected chi connectivity index (χ3v) is 4.51.